The van der Waals surface area contributed by atoms with E-state index in [9.17, 15) is 8.78 Å². The molecule has 5 heteroatoms. The second kappa shape index (κ2) is 3.55. The molecule has 2 aliphatic heterocycles. The minimum atomic E-state index is -2.97. The number of hydrogen-bond donors (Lipinski definition) is 0. The highest BCUT2D eigenvalue weighted by Gasteiger charge is 2.71. The minimum absolute atomic E-state index is 0.431. The van der Waals surface area contributed by atoms with Crippen molar-refractivity contribution in [2.75, 3.05) is 0 Å². The molecule has 3 rings (SSSR count). The topological polar surface area (TPSA) is 9.23 Å². The monoisotopic (exact) mass is 380 g/mol. The summed E-state index contributed by atoms with van der Waals surface area (Å²) >= 11 is 5.94. The van der Waals surface area contributed by atoms with Crippen LogP contribution in [0.4, 0.5) is 8.78 Å². The smallest absolute Gasteiger partial charge is 0.308 e. The van der Waals surface area contributed by atoms with E-state index in [0.29, 0.717) is 0 Å². The summed E-state index contributed by atoms with van der Waals surface area (Å²) < 4.78 is 33.7. The summed E-state index contributed by atoms with van der Waals surface area (Å²) in [6, 6.07) is 7.62. The first-order valence-corrected chi connectivity index (χ1v) is 7.43. The van der Waals surface area contributed by atoms with Gasteiger partial charge in [0, 0.05) is 0 Å². The fourth-order valence-electron chi connectivity index (χ4n) is 3.41. The molecule has 1 fully saturated rings. The molecule has 1 aromatic rings. The van der Waals surface area contributed by atoms with E-state index >= 15 is 0 Å². The van der Waals surface area contributed by atoms with Gasteiger partial charge in [0.05, 0.1) is 10.7 Å². The van der Waals surface area contributed by atoms with E-state index in [1.54, 1.807) is 6.92 Å². The van der Waals surface area contributed by atoms with E-state index in [-0.39, 0.29) is 0 Å². The third kappa shape index (κ3) is 1.38. The second-order valence-corrected chi connectivity index (χ2v) is 7.33. The fourth-order valence-corrected chi connectivity index (χ4v) is 5.64. The summed E-state index contributed by atoms with van der Waals surface area (Å²) in [4.78, 5) is -3.40. The Kier molecular flexibility index (Phi) is 2.57. The quantitative estimate of drug-likeness (QED) is 0.649. The van der Waals surface area contributed by atoms with Gasteiger partial charge in [0.1, 0.15) is 11.2 Å². The van der Waals surface area contributed by atoms with Crippen LogP contribution >= 0.6 is 31.9 Å². The van der Waals surface area contributed by atoms with Gasteiger partial charge in [-0.05, 0) is 40.9 Å². The molecule has 0 amide bonds. The van der Waals surface area contributed by atoms with Gasteiger partial charge in [-0.25, -0.2) is 0 Å². The number of hydrogen-bond acceptors (Lipinski definition) is 1. The van der Waals surface area contributed by atoms with E-state index in [2.05, 4.69) is 31.9 Å². The van der Waals surface area contributed by atoms with Gasteiger partial charge in [-0.2, -0.15) is 8.78 Å². The Bertz CT molecular complexity index is 516. The number of rotatable bonds is 1. The molecule has 0 radical (unpaired) electrons. The molecule has 0 aliphatic carbocycles. The number of alkyl halides is 4. The summed E-state index contributed by atoms with van der Waals surface area (Å²) in [5.41, 5.74) is 0.203. The van der Waals surface area contributed by atoms with Crippen LogP contribution in [0.3, 0.4) is 0 Å². The first-order valence-electron chi connectivity index (χ1n) is 5.72. The Morgan fingerprint density at radius 3 is 2.17 bits per heavy atom. The average Bonchev–Trinajstić information content (AvgIpc) is 2.60. The molecular weight excluding hydrogens is 370 g/mol. The SMILES string of the molecule is C[C@]12O[C@](C)(c3ccccc31)[C@@H](C(F)(F)Br)[C@@H]2Br. The summed E-state index contributed by atoms with van der Waals surface area (Å²) in [6.07, 6.45) is 0. The first-order chi connectivity index (χ1) is 8.21. The van der Waals surface area contributed by atoms with Gasteiger partial charge < -0.3 is 4.74 Å². The molecule has 4 atom stereocenters. The predicted octanol–water partition coefficient (Wildman–Crippen LogP) is 4.53. The van der Waals surface area contributed by atoms with Crippen LogP contribution in [0.25, 0.3) is 0 Å². The normalized spacial score (nSPS) is 42.1. The lowest BCUT2D eigenvalue weighted by molar-refractivity contribution is -0.101. The Morgan fingerprint density at radius 2 is 1.67 bits per heavy atom. The standard InChI is InChI=1S/C13H12Br2F2O/c1-11-7-5-3-4-6-8(7)12(2,18-11)10(14)9(11)13(15,16)17/h3-6,9-10H,1-2H3/t9-,10-,11+,12-/m0/s1. The number of benzene rings is 1. The number of halogens is 4. The van der Waals surface area contributed by atoms with Crippen LogP contribution in [0.2, 0.25) is 0 Å². The predicted molar refractivity (Wildman–Crippen MR) is 72.3 cm³/mol. The first kappa shape index (κ1) is 13.0. The van der Waals surface area contributed by atoms with E-state index in [4.69, 9.17) is 4.74 Å². The summed E-state index contributed by atoms with van der Waals surface area (Å²) in [6.45, 7) is 3.62. The molecule has 2 heterocycles. The van der Waals surface area contributed by atoms with E-state index < -0.39 is 26.8 Å². The van der Waals surface area contributed by atoms with Crippen molar-refractivity contribution in [3.8, 4) is 0 Å². The van der Waals surface area contributed by atoms with Gasteiger partial charge >= 0.3 is 4.83 Å². The molecule has 98 valence electrons. The van der Waals surface area contributed by atoms with Crippen LogP contribution in [-0.4, -0.2) is 9.66 Å². The molecular formula is C13H12Br2F2O. The van der Waals surface area contributed by atoms with Crippen molar-refractivity contribution in [1.29, 1.82) is 0 Å². The minimum Gasteiger partial charge on any atom is -0.358 e. The van der Waals surface area contributed by atoms with Crippen LogP contribution in [0, 0.1) is 5.92 Å². The van der Waals surface area contributed by atoms with Gasteiger partial charge in [0.15, 0.2) is 0 Å². The van der Waals surface area contributed by atoms with Crippen LogP contribution in [0.5, 0.6) is 0 Å². The highest BCUT2D eigenvalue weighted by atomic mass is 79.9. The molecule has 2 aliphatic rings. The zero-order chi connectivity index (χ0) is 13.3. The molecule has 1 saturated heterocycles. The van der Waals surface area contributed by atoms with Crippen molar-refractivity contribution in [2.24, 2.45) is 5.92 Å². The zero-order valence-electron chi connectivity index (χ0n) is 9.88. The Balaban J connectivity index is 2.25. The summed E-state index contributed by atoms with van der Waals surface area (Å²) in [7, 11) is 0. The molecule has 2 bridgehead atoms. The molecule has 1 aromatic carbocycles. The van der Waals surface area contributed by atoms with Gasteiger partial charge in [-0.3, -0.25) is 0 Å². The highest BCUT2D eigenvalue weighted by molar-refractivity contribution is 9.10. The summed E-state index contributed by atoms with van der Waals surface area (Å²) in [5.74, 6) is -0.940. The molecule has 0 aromatic heterocycles. The van der Waals surface area contributed by atoms with Gasteiger partial charge in [0.2, 0.25) is 0 Å². The number of ether oxygens (including phenoxy) is 1. The molecule has 1 nitrogen and oxygen atoms in total. The molecule has 0 N–H and O–H groups in total. The second-order valence-electron chi connectivity index (χ2n) is 5.28. The van der Waals surface area contributed by atoms with Gasteiger partial charge in [-0.15, -0.1) is 0 Å². The van der Waals surface area contributed by atoms with Crippen molar-refractivity contribution in [1.82, 2.24) is 0 Å². The lowest BCUT2D eigenvalue weighted by Gasteiger charge is -2.37. The van der Waals surface area contributed by atoms with Gasteiger partial charge in [-0.1, -0.05) is 40.2 Å². The largest absolute Gasteiger partial charge is 0.358 e. The Labute approximate surface area is 121 Å². The average molecular weight is 382 g/mol. The maximum absolute atomic E-state index is 13.9. The van der Waals surface area contributed by atoms with Crippen molar-refractivity contribution in [3.63, 3.8) is 0 Å². The van der Waals surface area contributed by atoms with Crippen molar-refractivity contribution in [3.05, 3.63) is 35.4 Å². The third-order valence-electron chi connectivity index (χ3n) is 4.19. The van der Waals surface area contributed by atoms with E-state index in [1.165, 1.54) is 0 Å². The Hall–Kier alpha value is -0.000000000000000222. The Morgan fingerprint density at radius 1 is 1.17 bits per heavy atom. The highest BCUT2D eigenvalue weighted by Crippen LogP contribution is 2.67. The zero-order valence-corrected chi connectivity index (χ0v) is 13.1. The van der Waals surface area contributed by atoms with Crippen molar-refractivity contribution >= 4 is 31.9 Å². The molecule has 0 unspecified atom stereocenters. The van der Waals surface area contributed by atoms with Crippen LogP contribution < -0.4 is 0 Å². The summed E-state index contributed by atoms with van der Waals surface area (Å²) in [5, 5.41) is 0. The van der Waals surface area contributed by atoms with Crippen LogP contribution in [-0.2, 0) is 15.9 Å². The lowest BCUT2D eigenvalue weighted by atomic mass is 9.71. The van der Waals surface area contributed by atoms with E-state index in [0.717, 1.165) is 11.1 Å². The maximum Gasteiger partial charge on any atom is 0.308 e. The molecule has 18 heavy (non-hydrogen) atoms. The third-order valence-corrected chi connectivity index (χ3v) is 6.08. The van der Waals surface area contributed by atoms with Crippen molar-refractivity contribution < 1.29 is 13.5 Å². The molecule has 0 saturated carbocycles. The van der Waals surface area contributed by atoms with Crippen molar-refractivity contribution in [2.45, 2.75) is 34.7 Å². The lowest BCUT2D eigenvalue weighted by Crippen LogP contribution is -2.45. The molecule has 0 spiro atoms. The van der Waals surface area contributed by atoms with Crippen LogP contribution in [0.15, 0.2) is 24.3 Å². The maximum atomic E-state index is 13.9. The number of fused-ring (bicyclic) bond motifs is 5. The van der Waals surface area contributed by atoms with Crippen LogP contribution in [0.1, 0.15) is 25.0 Å². The van der Waals surface area contributed by atoms with E-state index in [1.807, 2.05) is 31.2 Å². The fraction of sp³-hybridized carbons (Fsp3) is 0.538. The van der Waals surface area contributed by atoms with Gasteiger partial charge in [0.25, 0.3) is 0 Å².